The summed E-state index contributed by atoms with van der Waals surface area (Å²) in [5, 5.41) is 6.19. The summed E-state index contributed by atoms with van der Waals surface area (Å²) in [5.41, 5.74) is 2.97. The van der Waals surface area contributed by atoms with E-state index >= 15 is 0 Å². The number of ether oxygens (including phenoxy) is 1. The molecule has 5 heteroatoms. The summed E-state index contributed by atoms with van der Waals surface area (Å²) >= 11 is 0. The van der Waals surface area contributed by atoms with Crippen LogP contribution in [0.4, 0.5) is 11.4 Å². The van der Waals surface area contributed by atoms with E-state index in [-0.39, 0.29) is 17.6 Å². The second kappa shape index (κ2) is 5.31. The standard InChI is InChI=1S/C16H23N3O2/c1-4-17-14-12-6-5-11(9-13(12)18-15(14)20)19-7-8-21-16(2,3)10-19/h5-6,9,14,17H,4,7-8,10H2,1-3H3,(H,18,20). The van der Waals surface area contributed by atoms with Crippen LogP contribution < -0.4 is 15.5 Å². The summed E-state index contributed by atoms with van der Waals surface area (Å²) < 4.78 is 5.75. The molecular formula is C16H23N3O2. The van der Waals surface area contributed by atoms with Crippen molar-refractivity contribution in [2.45, 2.75) is 32.4 Å². The summed E-state index contributed by atoms with van der Waals surface area (Å²) in [6.07, 6.45) is 0. The number of benzene rings is 1. The highest BCUT2D eigenvalue weighted by Gasteiger charge is 2.32. The molecular weight excluding hydrogens is 266 g/mol. The van der Waals surface area contributed by atoms with Crippen LogP contribution in [0.1, 0.15) is 32.4 Å². The minimum Gasteiger partial charge on any atom is -0.372 e. The van der Waals surface area contributed by atoms with Crippen LogP contribution in [-0.4, -0.2) is 37.7 Å². The van der Waals surface area contributed by atoms with Crippen LogP contribution in [0.5, 0.6) is 0 Å². The lowest BCUT2D eigenvalue weighted by molar-refractivity contribution is -0.117. The fourth-order valence-electron chi connectivity index (χ4n) is 3.09. The fraction of sp³-hybridized carbons (Fsp3) is 0.562. The average Bonchev–Trinajstić information content (AvgIpc) is 2.74. The molecule has 0 bridgehead atoms. The van der Waals surface area contributed by atoms with E-state index in [1.807, 2.05) is 6.92 Å². The van der Waals surface area contributed by atoms with Gasteiger partial charge in [-0.25, -0.2) is 0 Å². The number of nitrogens with one attached hydrogen (secondary N) is 2. The zero-order valence-corrected chi connectivity index (χ0v) is 12.9. The minimum atomic E-state index is -0.222. The van der Waals surface area contributed by atoms with Crippen molar-refractivity contribution in [1.82, 2.24) is 5.32 Å². The van der Waals surface area contributed by atoms with Crippen LogP contribution in [0.3, 0.4) is 0 Å². The molecule has 0 aromatic heterocycles. The van der Waals surface area contributed by atoms with Crippen LogP contribution in [0.2, 0.25) is 0 Å². The smallest absolute Gasteiger partial charge is 0.246 e. The molecule has 1 saturated heterocycles. The van der Waals surface area contributed by atoms with Crippen molar-refractivity contribution in [3.63, 3.8) is 0 Å². The Morgan fingerprint density at radius 2 is 2.29 bits per heavy atom. The maximum absolute atomic E-state index is 12.0. The van der Waals surface area contributed by atoms with Gasteiger partial charge in [-0.2, -0.15) is 0 Å². The molecule has 1 amide bonds. The lowest BCUT2D eigenvalue weighted by Gasteiger charge is -2.39. The fourth-order valence-corrected chi connectivity index (χ4v) is 3.09. The molecule has 5 nitrogen and oxygen atoms in total. The molecule has 1 atom stereocenters. The Labute approximate surface area is 125 Å². The Morgan fingerprint density at radius 1 is 1.48 bits per heavy atom. The van der Waals surface area contributed by atoms with E-state index in [4.69, 9.17) is 4.74 Å². The summed E-state index contributed by atoms with van der Waals surface area (Å²) in [7, 11) is 0. The molecule has 3 rings (SSSR count). The van der Waals surface area contributed by atoms with Crippen LogP contribution in [0, 0.1) is 0 Å². The summed E-state index contributed by atoms with van der Waals surface area (Å²) in [6.45, 7) is 9.47. The van der Waals surface area contributed by atoms with Crippen LogP contribution >= 0.6 is 0 Å². The average molecular weight is 289 g/mol. The molecule has 0 saturated carbocycles. The normalized spacial score (nSPS) is 23.9. The number of carbonyl (C=O) groups excluding carboxylic acids is 1. The third-order valence-corrected chi connectivity index (χ3v) is 4.07. The Kier molecular flexibility index (Phi) is 3.63. The number of fused-ring (bicyclic) bond motifs is 1. The van der Waals surface area contributed by atoms with Crippen LogP contribution in [0.15, 0.2) is 18.2 Å². The summed E-state index contributed by atoms with van der Waals surface area (Å²) in [6, 6.07) is 6.01. The first-order valence-corrected chi connectivity index (χ1v) is 7.57. The number of amides is 1. The predicted octanol–water partition coefficient (Wildman–Crippen LogP) is 1.90. The van der Waals surface area contributed by atoms with Gasteiger partial charge in [-0.15, -0.1) is 0 Å². The molecule has 2 heterocycles. The van der Waals surface area contributed by atoms with Gasteiger partial charge in [0.25, 0.3) is 0 Å². The number of likely N-dealkylation sites (N-methyl/N-ethyl adjacent to an activating group) is 1. The second-order valence-electron chi connectivity index (χ2n) is 6.28. The predicted molar refractivity (Wildman–Crippen MR) is 83.7 cm³/mol. The van der Waals surface area contributed by atoms with Crippen molar-refractivity contribution in [1.29, 1.82) is 0 Å². The zero-order chi connectivity index (χ0) is 15.0. The highest BCUT2D eigenvalue weighted by atomic mass is 16.5. The maximum atomic E-state index is 12.0. The van der Waals surface area contributed by atoms with Crippen molar-refractivity contribution in [3.05, 3.63) is 23.8 Å². The Bertz CT molecular complexity index is 556. The molecule has 2 aliphatic rings. The molecule has 114 valence electrons. The molecule has 2 aliphatic heterocycles. The van der Waals surface area contributed by atoms with E-state index < -0.39 is 0 Å². The molecule has 0 aliphatic carbocycles. The summed E-state index contributed by atoms with van der Waals surface area (Å²) in [4.78, 5) is 14.3. The third kappa shape index (κ3) is 2.76. The highest BCUT2D eigenvalue weighted by Crippen LogP contribution is 2.35. The molecule has 0 spiro atoms. The van der Waals surface area contributed by atoms with Gasteiger partial charge in [0.1, 0.15) is 6.04 Å². The lowest BCUT2D eigenvalue weighted by atomic mass is 10.0. The molecule has 2 N–H and O–H groups in total. The molecule has 21 heavy (non-hydrogen) atoms. The maximum Gasteiger partial charge on any atom is 0.246 e. The third-order valence-electron chi connectivity index (χ3n) is 4.07. The van der Waals surface area contributed by atoms with E-state index in [2.05, 4.69) is 47.6 Å². The number of anilines is 2. The zero-order valence-electron chi connectivity index (χ0n) is 12.9. The van der Waals surface area contributed by atoms with Gasteiger partial charge in [0, 0.05) is 30.0 Å². The number of rotatable bonds is 3. The second-order valence-corrected chi connectivity index (χ2v) is 6.28. The van der Waals surface area contributed by atoms with E-state index in [0.29, 0.717) is 0 Å². The van der Waals surface area contributed by atoms with Gasteiger partial charge in [-0.1, -0.05) is 13.0 Å². The SMILES string of the molecule is CCNC1C(=O)Nc2cc(N3CCOC(C)(C)C3)ccc21. The molecule has 1 aromatic carbocycles. The van der Waals surface area contributed by atoms with Crippen molar-refractivity contribution in [2.24, 2.45) is 0 Å². The van der Waals surface area contributed by atoms with E-state index in [0.717, 1.165) is 43.2 Å². The number of hydrogen-bond acceptors (Lipinski definition) is 4. The van der Waals surface area contributed by atoms with Gasteiger partial charge in [-0.3, -0.25) is 4.79 Å². The van der Waals surface area contributed by atoms with Crippen molar-refractivity contribution in [2.75, 3.05) is 36.5 Å². The first-order chi connectivity index (χ1) is 10.00. The Balaban J connectivity index is 1.84. The van der Waals surface area contributed by atoms with Crippen molar-refractivity contribution in [3.8, 4) is 0 Å². The van der Waals surface area contributed by atoms with E-state index in [9.17, 15) is 4.79 Å². The molecule has 1 fully saturated rings. The van der Waals surface area contributed by atoms with Gasteiger partial charge >= 0.3 is 0 Å². The molecule has 1 unspecified atom stereocenters. The van der Waals surface area contributed by atoms with Gasteiger partial charge in [0.05, 0.1) is 12.2 Å². The molecule has 0 radical (unpaired) electrons. The van der Waals surface area contributed by atoms with E-state index in [1.54, 1.807) is 0 Å². The first-order valence-electron chi connectivity index (χ1n) is 7.57. The van der Waals surface area contributed by atoms with Gasteiger partial charge in [0.2, 0.25) is 5.91 Å². The first kappa shape index (κ1) is 14.4. The number of carbonyl (C=O) groups is 1. The topological polar surface area (TPSA) is 53.6 Å². The van der Waals surface area contributed by atoms with Crippen molar-refractivity contribution < 1.29 is 9.53 Å². The largest absolute Gasteiger partial charge is 0.372 e. The summed E-state index contributed by atoms with van der Waals surface area (Å²) in [5.74, 6) is 0.0336. The van der Waals surface area contributed by atoms with Gasteiger partial charge in [0.15, 0.2) is 0 Å². The number of nitrogens with zero attached hydrogens (tertiary/aromatic N) is 1. The minimum absolute atomic E-state index is 0.0336. The highest BCUT2D eigenvalue weighted by molar-refractivity contribution is 6.03. The number of morpholine rings is 1. The lowest BCUT2D eigenvalue weighted by Crippen LogP contribution is -2.48. The van der Waals surface area contributed by atoms with Crippen molar-refractivity contribution >= 4 is 17.3 Å². The van der Waals surface area contributed by atoms with Crippen LogP contribution in [-0.2, 0) is 9.53 Å². The van der Waals surface area contributed by atoms with E-state index in [1.165, 1.54) is 0 Å². The Hall–Kier alpha value is -1.59. The Morgan fingerprint density at radius 3 is 3.00 bits per heavy atom. The quantitative estimate of drug-likeness (QED) is 0.892. The monoisotopic (exact) mass is 289 g/mol. The number of hydrogen-bond donors (Lipinski definition) is 2. The molecule has 1 aromatic rings. The van der Waals surface area contributed by atoms with Crippen LogP contribution in [0.25, 0.3) is 0 Å². The van der Waals surface area contributed by atoms with Gasteiger partial charge < -0.3 is 20.3 Å². The van der Waals surface area contributed by atoms with Gasteiger partial charge in [-0.05, 0) is 32.5 Å².